The second kappa shape index (κ2) is 12.9. The van der Waals surface area contributed by atoms with E-state index >= 15 is 0 Å². The Labute approximate surface area is 216 Å². The summed E-state index contributed by atoms with van der Waals surface area (Å²) in [6, 6.07) is 19.4. The monoisotopic (exact) mass is 505 g/mol. The van der Waals surface area contributed by atoms with Crippen molar-refractivity contribution < 1.29 is 23.5 Å². The van der Waals surface area contributed by atoms with E-state index in [-0.39, 0.29) is 24.1 Å². The van der Waals surface area contributed by atoms with E-state index in [1.54, 1.807) is 24.3 Å². The number of fused-ring (bicyclic) bond motifs is 13. The number of ether oxygens (including phenoxy) is 2. The molecule has 4 bridgehead atoms. The van der Waals surface area contributed by atoms with E-state index in [0.29, 0.717) is 42.0 Å². The van der Waals surface area contributed by atoms with Gasteiger partial charge in [0.25, 0.3) is 5.91 Å². The molecule has 0 atom stereocenters. The first-order valence-corrected chi connectivity index (χ1v) is 12.5. The van der Waals surface area contributed by atoms with E-state index in [2.05, 4.69) is 27.7 Å². The standard InChI is InChI=1S/C29H32FN3O4/c1-36-27-17-23-10-11-26(27)37-25-16-22(15-24(30)18-25)19-32-28(34)9-5-13-33(14-6-12-31-29(23)35)20-21-7-3-2-4-8-21/h2-4,7-8,10-11,15-18H,5-6,9,12-14,19-20H2,1H3,(H,31,35)(H,32,34). The Morgan fingerprint density at radius 3 is 2.59 bits per heavy atom. The van der Waals surface area contributed by atoms with Crippen LogP contribution in [0.5, 0.6) is 17.2 Å². The summed E-state index contributed by atoms with van der Waals surface area (Å²) in [5.74, 6) is 0.200. The first-order valence-electron chi connectivity index (χ1n) is 12.5. The van der Waals surface area contributed by atoms with Crippen molar-refractivity contribution in [2.45, 2.75) is 32.4 Å². The third-order valence-corrected chi connectivity index (χ3v) is 6.14. The Hall–Kier alpha value is -3.91. The minimum atomic E-state index is -0.476. The van der Waals surface area contributed by atoms with Crippen LogP contribution >= 0.6 is 0 Å². The van der Waals surface area contributed by atoms with Gasteiger partial charge in [-0.25, -0.2) is 4.39 Å². The van der Waals surface area contributed by atoms with Crippen LogP contribution in [-0.2, 0) is 17.9 Å². The molecule has 194 valence electrons. The Bertz CT molecular complexity index is 1220. The number of nitrogens with zero attached hydrogens (tertiary/aromatic N) is 1. The normalized spacial score (nSPS) is 15.8. The molecule has 5 rings (SSSR count). The number of nitrogens with one attached hydrogen (secondary N) is 2. The SMILES string of the molecule is COc1cc2ccc1Oc1cc(F)cc(c1)CNC(=O)CCCN(Cc1ccccc1)CCCNC2=O. The topological polar surface area (TPSA) is 79.9 Å². The number of hydrogen-bond donors (Lipinski definition) is 2. The Kier molecular flexibility index (Phi) is 9.10. The van der Waals surface area contributed by atoms with Crippen LogP contribution in [0.3, 0.4) is 0 Å². The van der Waals surface area contributed by atoms with Crippen LogP contribution in [0.25, 0.3) is 0 Å². The number of amides is 2. The lowest BCUT2D eigenvalue weighted by atomic mass is 10.1. The number of carbonyl (C=O) groups excluding carboxylic acids is 2. The fourth-order valence-electron chi connectivity index (χ4n) is 4.27. The summed E-state index contributed by atoms with van der Waals surface area (Å²) in [5.41, 5.74) is 2.22. The van der Waals surface area contributed by atoms with Gasteiger partial charge >= 0.3 is 0 Å². The number of methoxy groups -OCH3 is 1. The van der Waals surface area contributed by atoms with E-state index < -0.39 is 5.82 Å². The maximum Gasteiger partial charge on any atom is 0.251 e. The van der Waals surface area contributed by atoms with E-state index in [0.717, 1.165) is 26.1 Å². The molecule has 0 saturated heterocycles. The van der Waals surface area contributed by atoms with Gasteiger partial charge in [0.2, 0.25) is 5.91 Å². The minimum absolute atomic E-state index is 0.0923. The van der Waals surface area contributed by atoms with Crippen molar-refractivity contribution in [2.75, 3.05) is 26.7 Å². The molecule has 2 aliphatic rings. The quantitative estimate of drug-likeness (QED) is 0.541. The number of rotatable bonds is 3. The molecule has 0 spiro atoms. The fourth-order valence-corrected chi connectivity index (χ4v) is 4.27. The van der Waals surface area contributed by atoms with Crippen molar-refractivity contribution in [3.8, 4) is 17.2 Å². The van der Waals surface area contributed by atoms with Crippen molar-refractivity contribution in [3.63, 3.8) is 0 Å². The second-order valence-corrected chi connectivity index (χ2v) is 9.01. The van der Waals surface area contributed by atoms with Gasteiger partial charge < -0.3 is 20.1 Å². The largest absolute Gasteiger partial charge is 0.493 e. The Balaban J connectivity index is 1.53. The molecule has 2 amide bonds. The highest BCUT2D eigenvalue weighted by atomic mass is 19.1. The average Bonchev–Trinajstić information content (AvgIpc) is 2.89. The van der Waals surface area contributed by atoms with Gasteiger partial charge in [-0.05, 0) is 60.8 Å². The maximum atomic E-state index is 14.3. The van der Waals surface area contributed by atoms with E-state index in [1.165, 1.54) is 24.8 Å². The van der Waals surface area contributed by atoms with Crippen LogP contribution in [0.1, 0.15) is 40.7 Å². The summed E-state index contributed by atoms with van der Waals surface area (Å²) in [6.45, 7) is 2.99. The molecule has 0 radical (unpaired) electrons. The van der Waals surface area contributed by atoms with E-state index in [9.17, 15) is 14.0 Å². The van der Waals surface area contributed by atoms with Gasteiger partial charge in [0.05, 0.1) is 7.11 Å². The summed E-state index contributed by atoms with van der Waals surface area (Å²) in [4.78, 5) is 27.5. The first kappa shape index (κ1) is 26.2. The van der Waals surface area contributed by atoms with Crippen molar-refractivity contribution in [1.82, 2.24) is 15.5 Å². The zero-order chi connectivity index (χ0) is 26.0. The predicted molar refractivity (Wildman–Crippen MR) is 139 cm³/mol. The molecule has 3 aromatic rings. The molecule has 2 heterocycles. The third-order valence-electron chi connectivity index (χ3n) is 6.14. The Morgan fingerprint density at radius 1 is 0.973 bits per heavy atom. The molecular formula is C29H32FN3O4. The first-order chi connectivity index (χ1) is 18.0. The molecule has 2 N–H and O–H groups in total. The molecule has 37 heavy (non-hydrogen) atoms. The van der Waals surface area contributed by atoms with Crippen LogP contribution in [0.15, 0.2) is 66.7 Å². The summed E-state index contributed by atoms with van der Waals surface area (Å²) in [7, 11) is 1.48. The molecular weight excluding hydrogens is 473 g/mol. The second-order valence-electron chi connectivity index (χ2n) is 9.01. The fraction of sp³-hybridized carbons (Fsp3) is 0.310. The van der Waals surface area contributed by atoms with E-state index in [1.807, 2.05) is 18.2 Å². The van der Waals surface area contributed by atoms with Gasteiger partial charge in [-0.15, -0.1) is 0 Å². The van der Waals surface area contributed by atoms with Crippen molar-refractivity contribution in [3.05, 3.63) is 89.2 Å². The van der Waals surface area contributed by atoms with Crippen LogP contribution in [0, 0.1) is 5.82 Å². The molecule has 0 fully saturated rings. The zero-order valence-corrected chi connectivity index (χ0v) is 21.0. The van der Waals surface area contributed by atoms with Crippen molar-refractivity contribution in [2.24, 2.45) is 0 Å². The number of halogens is 1. The highest BCUT2D eigenvalue weighted by molar-refractivity contribution is 5.94. The molecule has 3 aromatic carbocycles. The molecule has 7 nitrogen and oxygen atoms in total. The smallest absolute Gasteiger partial charge is 0.251 e. The average molecular weight is 506 g/mol. The van der Waals surface area contributed by atoms with Gasteiger partial charge in [0, 0.05) is 44.2 Å². The lowest BCUT2D eigenvalue weighted by Crippen LogP contribution is -2.31. The molecule has 0 unspecified atom stereocenters. The van der Waals surface area contributed by atoms with Crippen LogP contribution < -0.4 is 20.1 Å². The predicted octanol–water partition coefficient (Wildman–Crippen LogP) is 4.66. The molecule has 0 aliphatic carbocycles. The third kappa shape index (κ3) is 7.79. The summed E-state index contributed by atoms with van der Waals surface area (Å²) in [6.07, 6.45) is 1.82. The lowest BCUT2D eigenvalue weighted by Gasteiger charge is -2.22. The number of carbonyl (C=O) groups is 2. The lowest BCUT2D eigenvalue weighted by molar-refractivity contribution is -0.121. The van der Waals surface area contributed by atoms with Gasteiger partial charge in [-0.3, -0.25) is 14.5 Å². The van der Waals surface area contributed by atoms with Crippen LogP contribution in [0.4, 0.5) is 4.39 Å². The van der Waals surface area contributed by atoms with Gasteiger partial charge in [-0.1, -0.05) is 30.3 Å². The molecule has 8 heteroatoms. The van der Waals surface area contributed by atoms with Crippen LogP contribution in [0.2, 0.25) is 0 Å². The highest BCUT2D eigenvalue weighted by Crippen LogP contribution is 2.33. The zero-order valence-electron chi connectivity index (χ0n) is 21.0. The molecule has 0 saturated carbocycles. The molecule has 0 aromatic heterocycles. The van der Waals surface area contributed by atoms with Crippen molar-refractivity contribution >= 4 is 11.8 Å². The number of benzene rings is 3. The van der Waals surface area contributed by atoms with E-state index in [4.69, 9.17) is 9.47 Å². The van der Waals surface area contributed by atoms with Crippen LogP contribution in [-0.4, -0.2) is 43.5 Å². The maximum absolute atomic E-state index is 14.3. The summed E-state index contributed by atoms with van der Waals surface area (Å²) >= 11 is 0. The van der Waals surface area contributed by atoms with Gasteiger partial charge in [-0.2, -0.15) is 0 Å². The number of hydrogen-bond acceptors (Lipinski definition) is 5. The molecule has 2 aliphatic heterocycles. The van der Waals surface area contributed by atoms with Gasteiger partial charge in [0.1, 0.15) is 11.6 Å². The minimum Gasteiger partial charge on any atom is -0.493 e. The van der Waals surface area contributed by atoms with Crippen molar-refractivity contribution in [1.29, 1.82) is 0 Å². The Morgan fingerprint density at radius 2 is 1.78 bits per heavy atom. The highest BCUT2D eigenvalue weighted by Gasteiger charge is 2.14. The van der Waals surface area contributed by atoms with Gasteiger partial charge in [0.15, 0.2) is 11.5 Å². The summed E-state index contributed by atoms with van der Waals surface area (Å²) in [5, 5.41) is 5.84. The summed E-state index contributed by atoms with van der Waals surface area (Å²) < 4.78 is 25.6.